The van der Waals surface area contributed by atoms with Gasteiger partial charge in [-0.1, -0.05) is 12.1 Å². The minimum absolute atomic E-state index is 0.00874. The number of hydrogen-bond donors (Lipinski definition) is 5. The van der Waals surface area contributed by atoms with Crippen molar-refractivity contribution >= 4 is 17.9 Å². The summed E-state index contributed by atoms with van der Waals surface area (Å²) in [4.78, 5) is 37.9. The van der Waals surface area contributed by atoms with Crippen molar-refractivity contribution in [3.8, 4) is 5.75 Å². The third kappa shape index (κ3) is 3.66. The smallest absolute Gasteiger partial charge is 0.344 e. The van der Waals surface area contributed by atoms with Gasteiger partial charge < -0.3 is 44.6 Å². The summed E-state index contributed by atoms with van der Waals surface area (Å²) in [7, 11) is 1.96. The van der Waals surface area contributed by atoms with Crippen LogP contribution in [0.15, 0.2) is 24.0 Å². The Labute approximate surface area is 218 Å². The molecule has 5 rings (SSSR count). The molecule has 0 aromatic heterocycles. The average molecular weight is 534 g/mol. The summed E-state index contributed by atoms with van der Waals surface area (Å²) in [6, 6.07) is 3.45. The lowest BCUT2D eigenvalue weighted by Gasteiger charge is -2.56. The first-order chi connectivity index (χ1) is 18.0. The number of carboxylic acids is 1. The van der Waals surface area contributed by atoms with E-state index in [2.05, 4.69) is 9.64 Å². The second-order valence-corrected chi connectivity index (χ2v) is 10.5. The first kappa shape index (κ1) is 26.6. The zero-order valence-electron chi connectivity index (χ0n) is 21.0. The lowest BCUT2D eigenvalue weighted by Crippen LogP contribution is -2.69. The Bertz CT molecular complexity index is 1210. The number of nitrogens with zero attached hydrogens (tertiary/aromatic N) is 1. The molecule has 7 atom stereocenters. The first-order valence-corrected chi connectivity index (χ1v) is 12.5. The number of carboxylic acid groups (broad SMARTS) is 1. The van der Waals surface area contributed by atoms with E-state index in [1.54, 1.807) is 6.07 Å². The van der Waals surface area contributed by atoms with Gasteiger partial charge in [0.2, 0.25) is 0 Å². The summed E-state index contributed by atoms with van der Waals surface area (Å²) in [6.07, 6.45) is -3.90. The summed E-state index contributed by atoms with van der Waals surface area (Å²) < 4.78 is 16.4. The van der Waals surface area contributed by atoms with Gasteiger partial charge in [-0.3, -0.25) is 0 Å². The largest absolute Gasteiger partial charge is 0.481 e. The number of likely N-dealkylation sites (N-methyl/N-ethyl adjacent to an activating group) is 1. The number of benzene rings is 1. The minimum atomic E-state index is -2.39. The zero-order valence-corrected chi connectivity index (χ0v) is 21.0. The highest BCUT2D eigenvalue weighted by atomic mass is 16.6. The van der Waals surface area contributed by atoms with E-state index in [0.717, 1.165) is 24.6 Å². The lowest BCUT2D eigenvalue weighted by atomic mass is 9.52. The lowest BCUT2D eigenvalue weighted by molar-refractivity contribution is -0.179. The topological polar surface area (TPSA) is 183 Å². The number of carbonyl (C=O) groups excluding carboxylic acids is 2. The maximum Gasteiger partial charge on any atom is 0.344 e. The molecule has 0 saturated carbocycles. The molecule has 38 heavy (non-hydrogen) atoms. The SMILES string of the molecule is C[C@H](OC(=O)[C@H](O)[C@@H](O)C(=O)OC1=CC[C@@]2(O)[C@H]3Cc4ccc(CO)c5c4[C@@]2(CCCN3C)[C@H]1O5)C(=O)O. The highest BCUT2D eigenvalue weighted by molar-refractivity contribution is 5.87. The van der Waals surface area contributed by atoms with Crippen LogP contribution in [0.25, 0.3) is 0 Å². The van der Waals surface area contributed by atoms with Crippen molar-refractivity contribution in [2.75, 3.05) is 13.6 Å². The van der Waals surface area contributed by atoms with Crippen molar-refractivity contribution in [2.45, 2.75) is 80.7 Å². The minimum Gasteiger partial charge on any atom is -0.481 e. The zero-order chi connectivity index (χ0) is 27.6. The normalized spacial score (nSPS) is 31.6. The number of likely N-dealkylation sites (tertiary alicyclic amines) is 1. The standard InChI is InChI=1S/C26H31NO11/c1-12(22(31)32)36-23(33)18(29)19(30)24(34)37-15-6-8-26(35)16-10-13-4-5-14(11-28)20-17(13)25(26,21(15)38-20)7-3-9-27(16)2/h4-6,12,16,18-19,21,28-30,35H,3,7-11H2,1-2H3,(H,31,32)/t12-,16+,18+,19+,21-,25-,26+/m0/s1. The van der Waals surface area contributed by atoms with Crippen LogP contribution in [0.1, 0.15) is 42.9 Å². The fraction of sp³-hybridized carbons (Fsp3) is 0.577. The molecule has 0 amide bonds. The Morgan fingerprint density at radius 2 is 1.92 bits per heavy atom. The fourth-order valence-corrected chi connectivity index (χ4v) is 6.61. The average Bonchev–Trinajstić information content (AvgIpc) is 3.22. The fourth-order valence-electron chi connectivity index (χ4n) is 6.61. The highest BCUT2D eigenvalue weighted by Crippen LogP contribution is 2.64. The maximum atomic E-state index is 12.8. The molecular weight excluding hydrogens is 502 g/mol. The number of rotatable bonds is 7. The van der Waals surface area contributed by atoms with Crippen molar-refractivity contribution in [1.29, 1.82) is 0 Å². The van der Waals surface area contributed by atoms with Gasteiger partial charge in [-0.25, -0.2) is 14.4 Å². The van der Waals surface area contributed by atoms with Gasteiger partial charge in [-0.05, 0) is 51.4 Å². The highest BCUT2D eigenvalue weighted by Gasteiger charge is 2.70. The molecule has 0 radical (unpaired) electrons. The molecule has 206 valence electrons. The Hall–Kier alpha value is -3.03. The van der Waals surface area contributed by atoms with E-state index in [9.17, 15) is 34.8 Å². The van der Waals surface area contributed by atoms with Crippen molar-refractivity contribution in [3.05, 3.63) is 40.7 Å². The molecule has 2 bridgehead atoms. The second-order valence-electron chi connectivity index (χ2n) is 10.5. The summed E-state index contributed by atoms with van der Waals surface area (Å²) in [5.41, 5.74) is 0.0146. The number of aliphatic carboxylic acids is 1. The predicted octanol–water partition coefficient (Wildman–Crippen LogP) is -0.872. The number of ether oxygens (including phenoxy) is 3. The Balaban J connectivity index is 1.48. The van der Waals surface area contributed by atoms with Crippen LogP contribution in [0.3, 0.4) is 0 Å². The van der Waals surface area contributed by atoms with Gasteiger partial charge >= 0.3 is 17.9 Å². The van der Waals surface area contributed by atoms with E-state index >= 15 is 0 Å². The van der Waals surface area contributed by atoms with Crippen molar-refractivity contribution in [3.63, 3.8) is 0 Å². The van der Waals surface area contributed by atoms with Crippen LogP contribution in [-0.4, -0.2) is 98.0 Å². The van der Waals surface area contributed by atoms with E-state index in [1.165, 1.54) is 6.08 Å². The molecule has 4 aliphatic rings. The summed E-state index contributed by atoms with van der Waals surface area (Å²) in [5.74, 6) is -3.90. The molecule has 1 aromatic carbocycles. The summed E-state index contributed by atoms with van der Waals surface area (Å²) in [5, 5.41) is 51.6. The summed E-state index contributed by atoms with van der Waals surface area (Å²) >= 11 is 0. The number of hydrogen-bond acceptors (Lipinski definition) is 11. The molecule has 1 fully saturated rings. The van der Waals surface area contributed by atoms with Crippen molar-refractivity contribution < 1.29 is 54.1 Å². The third-order valence-electron chi connectivity index (χ3n) is 8.49. The van der Waals surface area contributed by atoms with E-state index in [-0.39, 0.29) is 24.8 Å². The third-order valence-corrected chi connectivity index (χ3v) is 8.49. The molecule has 5 N–H and O–H groups in total. The predicted molar refractivity (Wildman–Crippen MR) is 127 cm³/mol. The molecule has 12 nitrogen and oxygen atoms in total. The van der Waals surface area contributed by atoms with Gasteiger partial charge in [0.25, 0.3) is 0 Å². The van der Waals surface area contributed by atoms with E-state index in [1.807, 2.05) is 13.1 Å². The molecule has 1 saturated heterocycles. The van der Waals surface area contributed by atoms with E-state index < -0.39 is 53.3 Å². The quantitative estimate of drug-likeness (QED) is 0.274. The van der Waals surface area contributed by atoms with Crippen LogP contribution in [-0.2, 0) is 42.3 Å². The van der Waals surface area contributed by atoms with Crippen LogP contribution >= 0.6 is 0 Å². The molecule has 0 unspecified atom stereocenters. The van der Waals surface area contributed by atoms with Crippen LogP contribution in [0.5, 0.6) is 5.75 Å². The maximum absolute atomic E-state index is 12.8. The number of carbonyl (C=O) groups is 3. The first-order valence-electron chi connectivity index (χ1n) is 12.5. The molecule has 2 aliphatic carbocycles. The molecule has 12 heteroatoms. The second kappa shape index (κ2) is 9.31. The molecule has 1 spiro atoms. The van der Waals surface area contributed by atoms with Gasteiger partial charge in [0, 0.05) is 23.6 Å². The molecule has 1 aromatic rings. The van der Waals surface area contributed by atoms with Gasteiger partial charge in [0.15, 0.2) is 24.4 Å². The van der Waals surface area contributed by atoms with Crippen molar-refractivity contribution in [1.82, 2.24) is 4.90 Å². The van der Waals surface area contributed by atoms with Crippen LogP contribution in [0, 0.1) is 0 Å². The summed E-state index contributed by atoms with van der Waals surface area (Å²) in [6.45, 7) is 1.48. The monoisotopic (exact) mass is 533 g/mol. The van der Waals surface area contributed by atoms with Gasteiger partial charge in [-0.2, -0.15) is 0 Å². The number of aliphatic hydroxyl groups is 4. The van der Waals surface area contributed by atoms with Crippen LogP contribution in [0.4, 0.5) is 0 Å². The number of esters is 2. The molecular formula is C26H31NO11. The van der Waals surface area contributed by atoms with Crippen LogP contribution in [0.2, 0.25) is 0 Å². The van der Waals surface area contributed by atoms with E-state index in [4.69, 9.17) is 14.6 Å². The van der Waals surface area contributed by atoms with E-state index in [0.29, 0.717) is 30.6 Å². The van der Waals surface area contributed by atoms with Crippen molar-refractivity contribution in [2.24, 2.45) is 0 Å². The number of aliphatic hydroxyl groups excluding tert-OH is 3. The van der Waals surface area contributed by atoms with Gasteiger partial charge in [0.05, 0.1) is 17.6 Å². The van der Waals surface area contributed by atoms with Gasteiger partial charge in [0.1, 0.15) is 11.5 Å². The Morgan fingerprint density at radius 3 is 2.61 bits per heavy atom. The van der Waals surface area contributed by atoms with Crippen LogP contribution < -0.4 is 4.74 Å². The molecule has 2 heterocycles. The van der Waals surface area contributed by atoms with Gasteiger partial charge in [-0.15, -0.1) is 0 Å². The Morgan fingerprint density at radius 1 is 1.21 bits per heavy atom. The Kier molecular flexibility index (Phi) is 6.51. The molecule has 2 aliphatic heterocycles.